The molecule has 162 valence electrons. The smallest absolute Gasteiger partial charge is 0.387 e. The average molecular weight is 449 g/mol. The van der Waals surface area contributed by atoms with Crippen molar-refractivity contribution < 1.29 is 27.8 Å². The van der Waals surface area contributed by atoms with Crippen LogP contribution in [-0.2, 0) is 4.79 Å². The molecule has 9 nitrogen and oxygen atoms in total. The van der Waals surface area contributed by atoms with Crippen molar-refractivity contribution in [2.75, 3.05) is 23.7 Å². The topological polar surface area (TPSA) is 114 Å². The molecule has 1 aliphatic rings. The Kier molecular flexibility index (Phi) is 6.07. The first-order valence-corrected chi connectivity index (χ1v) is 10.1. The van der Waals surface area contributed by atoms with Gasteiger partial charge in [-0.3, -0.25) is 4.79 Å². The lowest BCUT2D eigenvalue weighted by Gasteiger charge is -2.07. The fraction of sp³-hybridized carbons (Fsp3) is 0.211. The van der Waals surface area contributed by atoms with Crippen LogP contribution in [0.15, 0.2) is 47.6 Å². The first-order chi connectivity index (χ1) is 15.0. The Balaban J connectivity index is 1.30. The highest BCUT2D eigenvalue weighted by molar-refractivity contribution is 7.99. The number of halogens is 2. The van der Waals surface area contributed by atoms with E-state index in [1.165, 1.54) is 28.6 Å². The molecule has 0 saturated carbocycles. The van der Waals surface area contributed by atoms with Gasteiger partial charge in [0.25, 0.3) is 0 Å². The minimum atomic E-state index is -2.89. The van der Waals surface area contributed by atoms with Gasteiger partial charge in [0.1, 0.15) is 5.75 Å². The maximum absolute atomic E-state index is 12.3. The molecular formula is C19H17F2N5O4S. The van der Waals surface area contributed by atoms with E-state index in [-0.39, 0.29) is 24.9 Å². The summed E-state index contributed by atoms with van der Waals surface area (Å²) >= 11 is 1.27. The third-order valence-electron chi connectivity index (χ3n) is 4.22. The number of anilines is 1. The number of hydrogen-bond donors (Lipinski definition) is 2. The number of carbonyl (C=O) groups excluding carboxylic acids is 1. The number of amides is 1. The van der Waals surface area contributed by atoms with Crippen molar-refractivity contribution in [2.45, 2.75) is 18.2 Å². The first kappa shape index (κ1) is 20.7. The zero-order valence-electron chi connectivity index (χ0n) is 16.0. The van der Waals surface area contributed by atoms with Gasteiger partial charge in [0.2, 0.25) is 17.9 Å². The monoisotopic (exact) mass is 449 g/mol. The molecule has 0 bridgehead atoms. The molecular weight excluding hydrogens is 432 g/mol. The highest BCUT2D eigenvalue weighted by Crippen LogP contribution is 2.34. The van der Waals surface area contributed by atoms with Crippen molar-refractivity contribution in [2.24, 2.45) is 0 Å². The molecule has 3 aromatic rings. The Hall–Kier alpha value is -3.54. The lowest BCUT2D eigenvalue weighted by atomic mass is 10.2. The molecule has 2 aromatic carbocycles. The quantitative estimate of drug-likeness (QED) is 0.398. The molecule has 4 rings (SSSR count). The summed E-state index contributed by atoms with van der Waals surface area (Å²) in [7, 11) is 0. The van der Waals surface area contributed by atoms with Crippen LogP contribution in [0.2, 0.25) is 0 Å². The van der Waals surface area contributed by atoms with E-state index in [1.807, 2.05) is 0 Å². The Labute approximate surface area is 179 Å². The van der Waals surface area contributed by atoms with E-state index in [0.29, 0.717) is 39.5 Å². The number of alkyl halides is 2. The predicted octanol–water partition coefficient (Wildman–Crippen LogP) is 3.11. The number of nitrogens with zero attached hydrogens (tertiary/aromatic N) is 3. The largest absolute Gasteiger partial charge is 0.454 e. The predicted molar refractivity (Wildman–Crippen MR) is 109 cm³/mol. The molecule has 0 saturated heterocycles. The summed E-state index contributed by atoms with van der Waals surface area (Å²) in [6, 6.07) is 11.1. The van der Waals surface area contributed by atoms with E-state index in [0.717, 1.165) is 0 Å². The number of nitrogens with one attached hydrogen (secondary N) is 1. The number of fused-ring (bicyclic) bond motifs is 1. The Morgan fingerprint density at radius 3 is 2.74 bits per heavy atom. The molecule has 3 N–H and O–H groups in total. The van der Waals surface area contributed by atoms with Crippen LogP contribution < -0.4 is 25.4 Å². The van der Waals surface area contributed by atoms with E-state index in [9.17, 15) is 13.6 Å². The van der Waals surface area contributed by atoms with E-state index in [2.05, 4.69) is 20.3 Å². The fourth-order valence-electron chi connectivity index (χ4n) is 2.79. The van der Waals surface area contributed by atoms with Gasteiger partial charge in [-0.1, -0.05) is 11.8 Å². The lowest BCUT2D eigenvalue weighted by Crippen LogP contribution is -2.14. The van der Waals surface area contributed by atoms with E-state index >= 15 is 0 Å². The molecule has 31 heavy (non-hydrogen) atoms. The highest BCUT2D eigenvalue weighted by Gasteiger charge is 2.16. The molecule has 0 atom stereocenters. The molecule has 0 unspecified atom stereocenters. The SMILES string of the molecule is Nn1c(SCCC(=O)Nc2ccc3c(c2)OCO3)nnc1-c1ccc(OC(F)F)cc1. The first-order valence-electron chi connectivity index (χ1n) is 9.07. The van der Waals surface area contributed by atoms with Crippen LogP contribution in [0.25, 0.3) is 11.4 Å². The average Bonchev–Trinajstić information content (AvgIpc) is 3.35. The summed E-state index contributed by atoms with van der Waals surface area (Å²) in [5, 5.41) is 11.3. The molecule has 0 fully saturated rings. The van der Waals surface area contributed by atoms with Crippen LogP contribution in [0.5, 0.6) is 17.2 Å². The van der Waals surface area contributed by atoms with Crippen LogP contribution in [-0.4, -0.2) is 39.9 Å². The summed E-state index contributed by atoms with van der Waals surface area (Å²) in [6.45, 7) is -2.73. The summed E-state index contributed by atoms with van der Waals surface area (Å²) in [6.07, 6.45) is 0.223. The molecule has 1 aromatic heterocycles. The van der Waals surface area contributed by atoms with Crippen LogP contribution in [0.3, 0.4) is 0 Å². The van der Waals surface area contributed by atoms with Gasteiger partial charge < -0.3 is 25.4 Å². The Morgan fingerprint density at radius 1 is 1.19 bits per heavy atom. The molecule has 0 radical (unpaired) electrons. The number of nitrogens with two attached hydrogens (primary N) is 1. The second-order valence-corrected chi connectivity index (χ2v) is 7.36. The minimum Gasteiger partial charge on any atom is -0.454 e. The molecule has 2 heterocycles. The molecule has 0 aliphatic carbocycles. The van der Waals surface area contributed by atoms with Gasteiger partial charge in [-0.2, -0.15) is 8.78 Å². The standard InChI is InChI=1S/C19H17F2N5O4S/c20-18(21)30-13-4-1-11(2-5-13)17-24-25-19(26(17)22)31-8-7-16(27)23-12-3-6-14-15(9-12)29-10-28-14/h1-6,9,18H,7-8,10,22H2,(H,23,27). The second-order valence-electron chi connectivity index (χ2n) is 6.29. The van der Waals surface area contributed by atoms with Crippen LogP contribution in [0.4, 0.5) is 14.5 Å². The summed E-state index contributed by atoms with van der Waals surface area (Å²) < 4.78 is 40.6. The van der Waals surface area contributed by atoms with Crippen LogP contribution in [0, 0.1) is 0 Å². The van der Waals surface area contributed by atoms with Crippen molar-refractivity contribution in [3.63, 3.8) is 0 Å². The molecule has 12 heteroatoms. The minimum absolute atomic E-state index is 0.0323. The van der Waals surface area contributed by atoms with Gasteiger partial charge in [-0.05, 0) is 36.4 Å². The molecule has 0 spiro atoms. The zero-order chi connectivity index (χ0) is 21.8. The zero-order valence-corrected chi connectivity index (χ0v) is 16.8. The van der Waals surface area contributed by atoms with Crippen molar-refractivity contribution in [1.82, 2.24) is 14.9 Å². The third kappa shape index (κ3) is 4.97. The third-order valence-corrected chi connectivity index (χ3v) is 5.16. The summed E-state index contributed by atoms with van der Waals surface area (Å²) in [5.74, 6) is 7.91. The van der Waals surface area contributed by atoms with Gasteiger partial charge >= 0.3 is 6.61 Å². The normalized spacial score (nSPS) is 12.2. The van der Waals surface area contributed by atoms with E-state index < -0.39 is 6.61 Å². The molecule has 1 aliphatic heterocycles. The van der Waals surface area contributed by atoms with Crippen LogP contribution >= 0.6 is 11.8 Å². The van der Waals surface area contributed by atoms with Gasteiger partial charge in [0.15, 0.2) is 17.3 Å². The lowest BCUT2D eigenvalue weighted by molar-refractivity contribution is -0.115. The van der Waals surface area contributed by atoms with Crippen molar-refractivity contribution in [3.8, 4) is 28.6 Å². The van der Waals surface area contributed by atoms with Gasteiger partial charge in [-0.25, -0.2) is 4.68 Å². The Morgan fingerprint density at radius 2 is 1.97 bits per heavy atom. The van der Waals surface area contributed by atoms with Crippen molar-refractivity contribution >= 4 is 23.4 Å². The number of thioether (sulfide) groups is 1. The van der Waals surface area contributed by atoms with E-state index in [1.54, 1.807) is 30.3 Å². The Bertz CT molecular complexity index is 1080. The van der Waals surface area contributed by atoms with Gasteiger partial charge in [-0.15, -0.1) is 10.2 Å². The summed E-state index contributed by atoms with van der Waals surface area (Å²) in [4.78, 5) is 12.2. The van der Waals surface area contributed by atoms with Crippen molar-refractivity contribution in [1.29, 1.82) is 0 Å². The summed E-state index contributed by atoms with van der Waals surface area (Å²) in [5.41, 5.74) is 1.20. The van der Waals surface area contributed by atoms with Crippen molar-refractivity contribution in [3.05, 3.63) is 42.5 Å². The number of aromatic nitrogens is 3. The fourth-order valence-corrected chi connectivity index (χ4v) is 3.58. The number of benzene rings is 2. The number of nitrogen functional groups attached to an aromatic ring is 1. The second kappa shape index (κ2) is 9.08. The number of rotatable bonds is 8. The number of hydrogen-bond acceptors (Lipinski definition) is 8. The number of carbonyl (C=O) groups is 1. The highest BCUT2D eigenvalue weighted by atomic mass is 32.2. The van der Waals surface area contributed by atoms with Gasteiger partial charge in [0.05, 0.1) is 0 Å². The van der Waals surface area contributed by atoms with E-state index in [4.69, 9.17) is 15.3 Å². The van der Waals surface area contributed by atoms with Gasteiger partial charge in [0, 0.05) is 29.5 Å². The molecule has 1 amide bonds. The maximum atomic E-state index is 12.3. The maximum Gasteiger partial charge on any atom is 0.387 e. The number of ether oxygens (including phenoxy) is 3. The van der Waals surface area contributed by atoms with Crippen LogP contribution in [0.1, 0.15) is 6.42 Å².